The van der Waals surface area contributed by atoms with Gasteiger partial charge < -0.3 is 4.90 Å². The van der Waals surface area contributed by atoms with E-state index in [-0.39, 0.29) is 6.04 Å². The molecule has 19 heavy (non-hydrogen) atoms. The zero-order valence-electron chi connectivity index (χ0n) is 11.9. The van der Waals surface area contributed by atoms with E-state index in [0.29, 0.717) is 0 Å². The quantitative estimate of drug-likeness (QED) is 0.786. The first kappa shape index (κ1) is 14.0. The lowest BCUT2D eigenvalue weighted by molar-refractivity contribution is 0.562. The Morgan fingerprint density at radius 2 is 2.05 bits per heavy atom. The highest BCUT2D eigenvalue weighted by atomic mass is 15.1. The summed E-state index contributed by atoms with van der Waals surface area (Å²) in [5.74, 6) is 2.84. The first-order chi connectivity index (χ1) is 9.35. The van der Waals surface area contributed by atoms with Crippen LogP contribution < -0.4 is 10.2 Å². The second-order valence-electron chi connectivity index (χ2n) is 5.21. The Morgan fingerprint density at radius 3 is 2.74 bits per heavy atom. The molecule has 1 atom stereocenters. The van der Waals surface area contributed by atoms with Crippen LogP contribution in [0.1, 0.15) is 38.2 Å². The van der Waals surface area contributed by atoms with Gasteiger partial charge in [0.05, 0.1) is 6.04 Å². The Kier molecular flexibility index (Phi) is 5.30. The molecule has 0 amide bonds. The fourth-order valence-corrected chi connectivity index (χ4v) is 2.69. The number of anilines is 1. The predicted octanol–water partition coefficient (Wildman–Crippen LogP) is 3.18. The highest BCUT2D eigenvalue weighted by molar-refractivity contribution is 5.54. The summed E-state index contributed by atoms with van der Waals surface area (Å²) in [6.07, 6.45) is 10.3. The Bertz CT molecular complexity index is 427. The van der Waals surface area contributed by atoms with Gasteiger partial charge in [-0.15, -0.1) is 6.42 Å². The van der Waals surface area contributed by atoms with E-state index in [1.54, 1.807) is 0 Å². The van der Waals surface area contributed by atoms with E-state index in [1.165, 1.54) is 37.2 Å². The Morgan fingerprint density at radius 1 is 1.32 bits per heavy atom. The third-order valence-electron chi connectivity index (χ3n) is 3.76. The average molecular weight is 256 g/mol. The van der Waals surface area contributed by atoms with Crippen LogP contribution in [0.3, 0.4) is 0 Å². The van der Waals surface area contributed by atoms with Crippen LogP contribution in [0.5, 0.6) is 0 Å². The predicted molar refractivity (Wildman–Crippen MR) is 82.3 cm³/mol. The highest BCUT2D eigenvalue weighted by Crippen LogP contribution is 2.24. The number of para-hydroxylation sites is 1. The van der Waals surface area contributed by atoms with Crippen molar-refractivity contribution in [3.05, 3.63) is 29.8 Å². The van der Waals surface area contributed by atoms with Crippen LogP contribution in [-0.4, -0.2) is 19.1 Å². The monoisotopic (exact) mass is 256 g/mol. The van der Waals surface area contributed by atoms with E-state index in [2.05, 4.69) is 47.3 Å². The van der Waals surface area contributed by atoms with Gasteiger partial charge in [-0.2, -0.15) is 0 Å². The molecule has 1 fully saturated rings. The van der Waals surface area contributed by atoms with Gasteiger partial charge in [0.2, 0.25) is 0 Å². The van der Waals surface area contributed by atoms with Crippen molar-refractivity contribution in [2.45, 2.75) is 45.2 Å². The van der Waals surface area contributed by atoms with Gasteiger partial charge in [0.25, 0.3) is 0 Å². The first-order valence-corrected chi connectivity index (χ1v) is 7.37. The van der Waals surface area contributed by atoms with Crippen molar-refractivity contribution < 1.29 is 0 Å². The summed E-state index contributed by atoms with van der Waals surface area (Å²) >= 11 is 0. The van der Waals surface area contributed by atoms with Crippen LogP contribution in [0.25, 0.3) is 0 Å². The Balaban J connectivity index is 2.01. The number of nitrogens with one attached hydrogen (secondary N) is 1. The number of rotatable bonds is 6. The van der Waals surface area contributed by atoms with Crippen molar-refractivity contribution in [1.82, 2.24) is 5.32 Å². The third kappa shape index (κ3) is 3.75. The van der Waals surface area contributed by atoms with E-state index >= 15 is 0 Å². The molecule has 102 valence electrons. The molecule has 0 spiro atoms. The van der Waals surface area contributed by atoms with Crippen molar-refractivity contribution in [3.8, 4) is 12.3 Å². The maximum Gasteiger partial charge on any atom is 0.0689 e. The molecule has 1 unspecified atom stereocenters. The molecule has 0 radical (unpaired) electrons. The fraction of sp³-hybridized carbons (Fsp3) is 0.529. The van der Waals surface area contributed by atoms with Gasteiger partial charge in [-0.25, -0.2) is 0 Å². The second-order valence-corrected chi connectivity index (χ2v) is 5.21. The molecule has 2 heteroatoms. The Labute approximate surface area is 117 Å². The van der Waals surface area contributed by atoms with Crippen molar-refractivity contribution in [1.29, 1.82) is 0 Å². The Hall–Kier alpha value is -1.46. The summed E-state index contributed by atoms with van der Waals surface area (Å²) in [4.78, 5) is 2.49. The van der Waals surface area contributed by atoms with Gasteiger partial charge in [-0.05, 0) is 30.9 Å². The fourth-order valence-electron chi connectivity index (χ4n) is 2.69. The van der Waals surface area contributed by atoms with Crippen LogP contribution in [0.15, 0.2) is 24.3 Å². The van der Waals surface area contributed by atoms with Crippen LogP contribution in [0.2, 0.25) is 0 Å². The molecule has 0 aromatic heterocycles. The standard InChI is InChI=1S/C17H24N2/c1-3-9-16(4-2)18-14-15-10-5-6-11-17(15)19-12-7-8-13-19/h2,5-6,10-11,16,18H,3,7-9,12-14H2,1H3. The SMILES string of the molecule is C#CC(CCC)NCc1ccccc1N1CCCC1. The first-order valence-electron chi connectivity index (χ1n) is 7.37. The largest absolute Gasteiger partial charge is 0.371 e. The summed E-state index contributed by atoms with van der Waals surface area (Å²) in [6.45, 7) is 5.40. The zero-order valence-corrected chi connectivity index (χ0v) is 11.9. The summed E-state index contributed by atoms with van der Waals surface area (Å²) in [6, 6.07) is 8.87. The van der Waals surface area contributed by atoms with Crippen LogP contribution >= 0.6 is 0 Å². The molecule has 1 aliphatic rings. The lowest BCUT2D eigenvalue weighted by Gasteiger charge is -2.22. The van der Waals surface area contributed by atoms with Crippen LogP contribution in [-0.2, 0) is 6.54 Å². The minimum Gasteiger partial charge on any atom is -0.371 e. The molecule has 1 N–H and O–H groups in total. The summed E-state index contributed by atoms with van der Waals surface area (Å²) < 4.78 is 0. The molecule has 1 saturated heterocycles. The van der Waals surface area contributed by atoms with Crippen LogP contribution in [0, 0.1) is 12.3 Å². The number of nitrogens with zero attached hydrogens (tertiary/aromatic N) is 1. The third-order valence-corrected chi connectivity index (χ3v) is 3.76. The van der Waals surface area contributed by atoms with Crippen LogP contribution in [0.4, 0.5) is 5.69 Å². The molecule has 2 rings (SSSR count). The van der Waals surface area contributed by atoms with Gasteiger partial charge in [-0.1, -0.05) is 37.5 Å². The second kappa shape index (κ2) is 7.21. The van der Waals surface area contributed by atoms with E-state index < -0.39 is 0 Å². The number of benzene rings is 1. The van der Waals surface area contributed by atoms with E-state index in [1.807, 2.05) is 0 Å². The van der Waals surface area contributed by atoms with Crippen molar-refractivity contribution in [2.24, 2.45) is 0 Å². The molecular weight excluding hydrogens is 232 g/mol. The number of hydrogen-bond donors (Lipinski definition) is 1. The molecule has 0 saturated carbocycles. The molecule has 1 aromatic carbocycles. The van der Waals surface area contributed by atoms with Gasteiger partial charge in [0, 0.05) is 25.3 Å². The minimum absolute atomic E-state index is 0.191. The maximum absolute atomic E-state index is 5.56. The average Bonchev–Trinajstić information content (AvgIpc) is 2.98. The van der Waals surface area contributed by atoms with Crippen molar-refractivity contribution in [3.63, 3.8) is 0 Å². The smallest absolute Gasteiger partial charge is 0.0689 e. The molecule has 0 bridgehead atoms. The minimum atomic E-state index is 0.191. The molecule has 2 nitrogen and oxygen atoms in total. The summed E-state index contributed by atoms with van der Waals surface area (Å²) in [5.41, 5.74) is 2.74. The van der Waals surface area contributed by atoms with Crippen molar-refractivity contribution in [2.75, 3.05) is 18.0 Å². The van der Waals surface area contributed by atoms with Gasteiger partial charge in [-0.3, -0.25) is 5.32 Å². The van der Waals surface area contributed by atoms with Gasteiger partial charge in [0.1, 0.15) is 0 Å². The normalized spacial score (nSPS) is 16.3. The molecule has 1 aromatic rings. The summed E-state index contributed by atoms with van der Waals surface area (Å²) in [7, 11) is 0. The van der Waals surface area contributed by atoms with E-state index in [0.717, 1.165) is 19.4 Å². The highest BCUT2D eigenvalue weighted by Gasteiger charge is 2.15. The topological polar surface area (TPSA) is 15.3 Å². The van der Waals surface area contributed by atoms with Gasteiger partial charge in [0.15, 0.2) is 0 Å². The van der Waals surface area contributed by atoms with Crippen molar-refractivity contribution >= 4 is 5.69 Å². The molecular formula is C17H24N2. The molecule has 1 heterocycles. The maximum atomic E-state index is 5.56. The lowest BCUT2D eigenvalue weighted by Crippen LogP contribution is -2.28. The van der Waals surface area contributed by atoms with E-state index in [4.69, 9.17) is 6.42 Å². The van der Waals surface area contributed by atoms with Gasteiger partial charge >= 0.3 is 0 Å². The zero-order chi connectivity index (χ0) is 13.5. The molecule has 1 aliphatic heterocycles. The lowest BCUT2D eigenvalue weighted by atomic mass is 10.1. The summed E-state index contributed by atoms with van der Waals surface area (Å²) in [5, 5.41) is 3.49. The molecule has 0 aliphatic carbocycles. The number of hydrogen-bond acceptors (Lipinski definition) is 2. The number of terminal acetylenes is 1. The van der Waals surface area contributed by atoms with E-state index in [9.17, 15) is 0 Å².